The molecule has 0 unspecified atom stereocenters. The molecule has 162 valence electrons. The Morgan fingerprint density at radius 2 is 1.84 bits per heavy atom. The summed E-state index contributed by atoms with van der Waals surface area (Å²) in [5.74, 6) is 1.18. The van der Waals surface area contributed by atoms with E-state index in [1.165, 1.54) is 18.4 Å². The Balaban J connectivity index is 1.77. The number of benzene rings is 2. The number of carbonyl (C=O) groups is 2. The molecule has 3 rings (SSSR count). The summed E-state index contributed by atoms with van der Waals surface area (Å²) in [6, 6.07) is 12.4. The normalized spacial score (nSPS) is 10.3. The lowest BCUT2D eigenvalue weighted by molar-refractivity contribution is -0.122. The van der Waals surface area contributed by atoms with Gasteiger partial charge in [-0.05, 0) is 37.3 Å². The van der Waals surface area contributed by atoms with E-state index in [1.54, 1.807) is 51.5 Å². The van der Waals surface area contributed by atoms with Crippen LogP contribution in [0.5, 0.6) is 17.2 Å². The summed E-state index contributed by atoms with van der Waals surface area (Å²) in [5, 5.41) is 6.04. The quantitative estimate of drug-likeness (QED) is 0.555. The van der Waals surface area contributed by atoms with Crippen molar-refractivity contribution >= 4 is 28.8 Å². The number of ether oxygens (including phenoxy) is 3. The smallest absolute Gasteiger partial charge is 0.267 e. The third kappa shape index (κ3) is 5.32. The first-order valence-electron chi connectivity index (χ1n) is 9.39. The molecular formula is C22H23N3O5S. The van der Waals surface area contributed by atoms with E-state index in [1.807, 2.05) is 12.1 Å². The Hall–Kier alpha value is -3.59. The number of anilines is 1. The molecule has 9 heteroatoms. The maximum atomic E-state index is 12.8. The van der Waals surface area contributed by atoms with Crippen molar-refractivity contribution in [1.82, 2.24) is 10.3 Å². The molecule has 2 amide bonds. The van der Waals surface area contributed by atoms with Gasteiger partial charge in [0.25, 0.3) is 11.8 Å². The van der Waals surface area contributed by atoms with Crippen LogP contribution in [0.4, 0.5) is 5.69 Å². The zero-order chi connectivity index (χ0) is 22.4. The lowest BCUT2D eigenvalue weighted by Gasteiger charge is -2.08. The first-order valence-corrected chi connectivity index (χ1v) is 10.2. The molecule has 3 aromatic rings. The van der Waals surface area contributed by atoms with Crippen LogP contribution in [0.25, 0.3) is 10.6 Å². The number of aryl methyl sites for hydroxylation is 1. The molecule has 0 atom stereocenters. The van der Waals surface area contributed by atoms with Crippen molar-refractivity contribution in [3.8, 4) is 27.8 Å². The van der Waals surface area contributed by atoms with Crippen LogP contribution in [0.1, 0.15) is 15.4 Å². The van der Waals surface area contributed by atoms with E-state index in [0.717, 1.165) is 5.56 Å². The van der Waals surface area contributed by atoms with Crippen LogP contribution in [0, 0.1) is 6.92 Å². The molecule has 0 saturated carbocycles. The van der Waals surface area contributed by atoms with Gasteiger partial charge in [-0.2, -0.15) is 0 Å². The van der Waals surface area contributed by atoms with E-state index in [4.69, 9.17) is 14.2 Å². The topological polar surface area (TPSA) is 98.8 Å². The second-order valence-electron chi connectivity index (χ2n) is 6.45. The molecule has 0 aliphatic carbocycles. The minimum absolute atomic E-state index is 0.101. The fraction of sp³-hybridized carbons (Fsp3) is 0.227. The summed E-state index contributed by atoms with van der Waals surface area (Å²) in [6.07, 6.45) is 0. The standard InChI is InChI=1S/C22H23N3O5S/c1-13-20(31-22(24-13)14-8-9-17(28-3)18(10-14)29-4)21(27)25-15-6-5-7-16(11-15)30-12-19(26)23-2/h5-11H,12H2,1-4H3,(H,23,26)(H,25,27). The number of aromatic nitrogens is 1. The third-order valence-corrected chi connectivity index (χ3v) is 5.58. The van der Waals surface area contributed by atoms with Crippen LogP contribution in [0.2, 0.25) is 0 Å². The minimum atomic E-state index is -0.273. The van der Waals surface area contributed by atoms with Gasteiger partial charge in [0.05, 0.1) is 19.9 Å². The van der Waals surface area contributed by atoms with Gasteiger partial charge < -0.3 is 24.8 Å². The van der Waals surface area contributed by atoms with Gasteiger partial charge in [-0.25, -0.2) is 4.98 Å². The Morgan fingerprint density at radius 1 is 1.06 bits per heavy atom. The molecule has 0 spiro atoms. The van der Waals surface area contributed by atoms with Gasteiger partial charge in [0, 0.05) is 24.4 Å². The predicted molar refractivity (Wildman–Crippen MR) is 119 cm³/mol. The summed E-state index contributed by atoms with van der Waals surface area (Å²) < 4.78 is 16.0. The second kappa shape index (κ2) is 9.94. The van der Waals surface area contributed by atoms with Crippen molar-refractivity contribution in [1.29, 1.82) is 0 Å². The van der Waals surface area contributed by atoms with Crippen LogP contribution in [0.15, 0.2) is 42.5 Å². The first-order chi connectivity index (χ1) is 14.9. The number of rotatable bonds is 8. The van der Waals surface area contributed by atoms with Gasteiger partial charge in [-0.15, -0.1) is 11.3 Å². The van der Waals surface area contributed by atoms with E-state index in [-0.39, 0.29) is 18.4 Å². The highest BCUT2D eigenvalue weighted by atomic mass is 32.1. The lowest BCUT2D eigenvalue weighted by atomic mass is 10.2. The molecule has 0 saturated heterocycles. The van der Waals surface area contributed by atoms with E-state index in [2.05, 4.69) is 15.6 Å². The molecular weight excluding hydrogens is 418 g/mol. The van der Waals surface area contributed by atoms with Gasteiger partial charge in [0.1, 0.15) is 15.6 Å². The third-order valence-electron chi connectivity index (χ3n) is 4.37. The molecule has 1 heterocycles. The Labute approximate surface area is 184 Å². The van der Waals surface area contributed by atoms with E-state index in [9.17, 15) is 9.59 Å². The zero-order valence-corrected chi connectivity index (χ0v) is 18.5. The molecule has 0 aliphatic rings. The first kappa shape index (κ1) is 22.1. The number of nitrogens with one attached hydrogen (secondary N) is 2. The number of thiazole rings is 1. The summed E-state index contributed by atoms with van der Waals surface area (Å²) in [6.45, 7) is 1.69. The average Bonchev–Trinajstić information content (AvgIpc) is 3.18. The van der Waals surface area contributed by atoms with Crippen LogP contribution in [-0.4, -0.2) is 44.7 Å². The van der Waals surface area contributed by atoms with Crippen molar-refractivity contribution < 1.29 is 23.8 Å². The number of hydrogen-bond acceptors (Lipinski definition) is 7. The number of amides is 2. The maximum absolute atomic E-state index is 12.8. The highest BCUT2D eigenvalue weighted by molar-refractivity contribution is 7.17. The fourth-order valence-corrected chi connectivity index (χ4v) is 3.73. The van der Waals surface area contributed by atoms with Crippen molar-refractivity contribution in [2.45, 2.75) is 6.92 Å². The number of hydrogen-bond donors (Lipinski definition) is 2. The van der Waals surface area contributed by atoms with Gasteiger partial charge in [0.2, 0.25) is 0 Å². The lowest BCUT2D eigenvalue weighted by Crippen LogP contribution is -2.24. The monoisotopic (exact) mass is 441 g/mol. The number of likely N-dealkylation sites (N-methyl/N-ethyl adjacent to an activating group) is 1. The Morgan fingerprint density at radius 3 is 2.55 bits per heavy atom. The van der Waals surface area contributed by atoms with Gasteiger partial charge in [-0.3, -0.25) is 9.59 Å². The van der Waals surface area contributed by atoms with E-state index in [0.29, 0.717) is 38.5 Å². The van der Waals surface area contributed by atoms with Crippen LogP contribution in [0.3, 0.4) is 0 Å². The Kier molecular flexibility index (Phi) is 7.09. The van der Waals surface area contributed by atoms with Crippen LogP contribution >= 0.6 is 11.3 Å². The summed E-state index contributed by atoms with van der Waals surface area (Å²) in [4.78, 5) is 29.2. The molecule has 31 heavy (non-hydrogen) atoms. The molecule has 0 fully saturated rings. The largest absolute Gasteiger partial charge is 0.493 e. The molecule has 2 N–H and O–H groups in total. The predicted octanol–water partition coefficient (Wildman–Crippen LogP) is 3.51. The molecule has 0 radical (unpaired) electrons. The average molecular weight is 442 g/mol. The summed E-state index contributed by atoms with van der Waals surface area (Å²) >= 11 is 1.29. The highest BCUT2D eigenvalue weighted by Crippen LogP contribution is 2.35. The number of methoxy groups -OCH3 is 2. The van der Waals surface area contributed by atoms with Crippen molar-refractivity contribution in [2.24, 2.45) is 0 Å². The van der Waals surface area contributed by atoms with Crippen molar-refractivity contribution in [3.63, 3.8) is 0 Å². The second-order valence-corrected chi connectivity index (χ2v) is 7.45. The van der Waals surface area contributed by atoms with E-state index < -0.39 is 0 Å². The fourth-order valence-electron chi connectivity index (χ4n) is 2.77. The van der Waals surface area contributed by atoms with Gasteiger partial charge in [-0.1, -0.05) is 6.07 Å². The number of nitrogens with zero attached hydrogens (tertiary/aromatic N) is 1. The zero-order valence-electron chi connectivity index (χ0n) is 17.6. The van der Waals surface area contributed by atoms with Gasteiger partial charge in [0.15, 0.2) is 18.1 Å². The maximum Gasteiger partial charge on any atom is 0.267 e. The van der Waals surface area contributed by atoms with Crippen LogP contribution in [-0.2, 0) is 4.79 Å². The number of carbonyl (C=O) groups excluding carboxylic acids is 2. The summed E-state index contributed by atoms with van der Waals surface area (Å²) in [7, 11) is 4.68. The molecule has 0 bridgehead atoms. The minimum Gasteiger partial charge on any atom is -0.493 e. The highest BCUT2D eigenvalue weighted by Gasteiger charge is 2.18. The molecule has 2 aromatic carbocycles. The van der Waals surface area contributed by atoms with Crippen LogP contribution < -0.4 is 24.8 Å². The molecule has 1 aromatic heterocycles. The van der Waals surface area contributed by atoms with Crippen molar-refractivity contribution in [2.75, 3.05) is 33.2 Å². The summed E-state index contributed by atoms with van der Waals surface area (Å²) in [5.41, 5.74) is 2.01. The Bertz CT molecular complexity index is 1100. The molecule has 0 aliphatic heterocycles. The van der Waals surface area contributed by atoms with Gasteiger partial charge >= 0.3 is 0 Å². The van der Waals surface area contributed by atoms with Crippen molar-refractivity contribution in [3.05, 3.63) is 53.0 Å². The SMILES string of the molecule is CNC(=O)COc1cccc(NC(=O)c2sc(-c3ccc(OC)c(OC)c3)nc2C)c1. The molecule has 8 nitrogen and oxygen atoms in total. The van der Waals surface area contributed by atoms with E-state index >= 15 is 0 Å².